The van der Waals surface area contributed by atoms with Gasteiger partial charge in [-0.2, -0.15) is 0 Å². The number of carbonyl (C=O) groups excluding carboxylic acids is 1. The number of benzene rings is 2. The molecule has 0 aliphatic carbocycles. The molecular formula is C14H10ClN3O5. The summed E-state index contributed by atoms with van der Waals surface area (Å²) in [5.74, 6) is -0.608. The highest BCUT2D eigenvalue weighted by Crippen LogP contribution is 2.36. The smallest absolute Gasteiger partial charge is 0.301 e. The van der Waals surface area contributed by atoms with Gasteiger partial charge in [-0.15, -0.1) is 0 Å². The van der Waals surface area contributed by atoms with Crippen molar-refractivity contribution >= 4 is 34.6 Å². The Morgan fingerprint density at radius 3 is 2.22 bits per heavy atom. The van der Waals surface area contributed by atoms with E-state index in [-0.39, 0.29) is 16.3 Å². The average molecular weight is 336 g/mol. The van der Waals surface area contributed by atoms with Crippen LogP contribution in [0.2, 0.25) is 5.02 Å². The van der Waals surface area contributed by atoms with Crippen molar-refractivity contribution in [1.82, 2.24) is 0 Å². The lowest BCUT2D eigenvalue weighted by Gasteiger charge is -2.08. The highest BCUT2D eigenvalue weighted by Gasteiger charge is 2.25. The van der Waals surface area contributed by atoms with E-state index in [9.17, 15) is 25.0 Å². The van der Waals surface area contributed by atoms with Crippen molar-refractivity contribution in [3.63, 3.8) is 0 Å². The number of aryl methyl sites for hydroxylation is 1. The summed E-state index contributed by atoms with van der Waals surface area (Å²) in [6, 6.07) is 8.21. The van der Waals surface area contributed by atoms with E-state index in [0.29, 0.717) is 0 Å². The minimum atomic E-state index is -0.844. The standard InChI is InChI=1S/C14H10ClN3O5/c1-8-2-4-9(5-3-8)14(19)16-13-11(15)6-10(17(20)21)7-12(13)18(22)23/h2-7H,1H3,(H,16,19). The fourth-order valence-electron chi connectivity index (χ4n) is 1.84. The quantitative estimate of drug-likeness (QED) is 0.675. The van der Waals surface area contributed by atoms with Crippen LogP contribution in [-0.2, 0) is 0 Å². The van der Waals surface area contributed by atoms with Crippen molar-refractivity contribution in [1.29, 1.82) is 0 Å². The second-order valence-electron chi connectivity index (χ2n) is 4.66. The van der Waals surface area contributed by atoms with E-state index in [4.69, 9.17) is 11.6 Å². The predicted molar refractivity (Wildman–Crippen MR) is 83.9 cm³/mol. The molecule has 118 valence electrons. The van der Waals surface area contributed by atoms with Crippen LogP contribution in [0.25, 0.3) is 0 Å². The van der Waals surface area contributed by atoms with Crippen molar-refractivity contribution in [3.8, 4) is 0 Å². The normalized spacial score (nSPS) is 10.2. The first-order chi connectivity index (χ1) is 10.8. The van der Waals surface area contributed by atoms with Crippen LogP contribution < -0.4 is 5.32 Å². The summed E-state index contributed by atoms with van der Waals surface area (Å²) in [5.41, 5.74) is -0.243. The zero-order valence-corrected chi connectivity index (χ0v) is 12.5. The molecule has 1 amide bonds. The van der Waals surface area contributed by atoms with Gasteiger partial charge in [-0.05, 0) is 19.1 Å². The van der Waals surface area contributed by atoms with Crippen molar-refractivity contribution in [3.05, 3.63) is 72.8 Å². The van der Waals surface area contributed by atoms with Crippen molar-refractivity contribution in [2.75, 3.05) is 5.32 Å². The van der Waals surface area contributed by atoms with E-state index in [1.165, 1.54) is 0 Å². The molecule has 0 bridgehead atoms. The zero-order valence-electron chi connectivity index (χ0n) is 11.8. The van der Waals surface area contributed by atoms with E-state index in [2.05, 4.69) is 5.32 Å². The summed E-state index contributed by atoms with van der Waals surface area (Å²) in [5, 5.41) is 23.9. The molecule has 23 heavy (non-hydrogen) atoms. The second-order valence-corrected chi connectivity index (χ2v) is 5.06. The Morgan fingerprint density at radius 2 is 1.70 bits per heavy atom. The topological polar surface area (TPSA) is 115 Å². The minimum absolute atomic E-state index is 0.277. The molecule has 0 heterocycles. The first kappa shape index (κ1) is 16.4. The molecule has 0 aliphatic rings. The van der Waals surface area contributed by atoms with Gasteiger partial charge < -0.3 is 5.32 Å². The molecule has 0 spiro atoms. The Bertz CT molecular complexity index is 805. The van der Waals surface area contributed by atoms with Crippen LogP contribution in [0.1, 0.15) is 15.9 Å². The monoisotopic (exact) mass is 335 g/mol. The molecule has 0 unspecified atom stereocenters. The van der Waals surface area contributed by atoms with Crippen LogP contribution in [0, 0.1) is 27.2 Å². The van der Waals surface area contributed by atoms with Gasteiger partial charge in [-0.25, -0.2) is 0 Å². The lowest BCUT2D eigenvalue weighted by atomic mass is 10.1. The van der Waals surface area contributed by atoms with E-state index < -0.39 is 27.1 Å². The Morgan fingerprint density at radius 1 is 1.09 bits per heavy atom. The summed E-state index contributed by atoms with van der Waals surface area (Å²) < 4.78 is 0. The number of non-ortho nitro benzene ring substituents is 1. The Balaban J connectivity index is 2.42. The highest BCUT2D eigenvalue weighted by atomic mass is 35.5. The molecule has 0 aliphatic heterocycles. The third-order valence-electron chi connectivity index (χ3n) is 3.01. The molecule has 0 radical (unpaired) electrons. The van der Waals surface area contributed by atoms with Crippen LogP contribution >= 0.6 is 11.6 Å². The van der Waals surface area contributed by atoms with Crippen LogP contribution in [0.3, 0.4) is 0 Å². The summed E-state index contributed by atoms with van der Waals surface area (Å²) in [6.07, 6.45) is 0. The van der Waals surface area contributed by atoms with Crippen molar-refractivity contribution in [2.45, 2.75) is 6.92 Å². The van der Waals surface area contributed by atoms with Gasteiger partial charge >= 0.3 is 5.69 Å². The van der Waals surface area contributed by atoms with Gasteiger partial charge in [-0.1, -0.05) is 29.3 Å². The number of rotatable bonds is 4. The molecule has 2 rings (SSSR count). The van der Waals surface area contributed by atoms with Gasteiger partial charge in [0.15, 0.2) is 0 Å². The molecule has 2 aromatic rings. The first-order valence-electron chi connectivity index (χ1n) is 6.30. The van der Waals surface area contributed by atoms with Gasteiger partial charge in [0, 0.05) is 11.6 Å². The second kappa shape index (κ2) is 6.41. The number of nitro benzene ring substituents is 2. The Hall–Kier alpha value is -3.00. The van der Waals surface area contributed by atoms with Gasteiger partial charge in [0.2, 0.25) is 0 Å². The van der Waals surface area contributed by atoms with Crippen molar-refractivity contribution < 1.29 is 14.6 Å². The molecule has 0 atom stereocenters. The number of hydrogen-bond donors (Lipinski definition) is 1. The van der Waals surface area contributed by atoms with Crippen LogP contribution in [-0.4, -0.2) is 15.8 Å². The van der Waals surface area contributed by atoms with Crippen LogP contribution in [0.15, 0.2) is 36.4 Å². The number of carbonyl (C=O) groups is 1. The maximum atomic E-state index is 12.1. The number of anilines is 1. The van der Waals surface area contributed by atoms with E-state index in [1.807, 2.05) is 6.92 Å². The van der Waals surface area contributed by atoms with Gasteiger partial charge in [-0.3, -0.25) is 25.0 Å². The van der Waals surface area contributed by atoms with Gasteiger partial charge in [0.05, 0.1) is 20.9 Å². The van der Waals surface area contributed by atoms with Crippen LogP contribution in [0.4, 0.5) is 17.1 Å². The molecule has 8 nitrogen and oxygen atoms in total. The lowest BCUT2D eigenvalue weighted by Crippen LogP contribution is -2.13. The molecule has 2 aromatic carbocycles. The third kappa shape index (κ3) is 3.61. The Labute approximate surface area is 135 Å². The van der Waals surface area contributed by atoms with Crippen molar-refractivity contribution in [2.24, 2.45) is 0 Å². The van der Waals surface area contributed by atoms with Crippen LogP contribution in [0.5, 0.6) is 0 Å². The Kier molecular flexibility index (Phi) is 4.56. The predicted octanol–water partition coefficient (Wildman–Crippen LogP) is 3.72. The number of nitrogens with zero attached hydrogens (tertiary/aromatic N) is 2. The van der Waals surface area contributed by atoms with Gasteiger partial charge in [0.25, 0.3) is 11.6 Å². The summed E-state index contributed by atoms with van der Waals surface area (Å²) in [7, 11) is 0. The SMILES string of the molecule is Cc1ccc(C(=O)Nc2c(Cl)cc([N+](=O)[O-])cc2[N+](=O)[O-])cc1. The van der Waals surface area contributed by atoms with E-state index >= 15 is 0 Å². The molecule has 1 N–H and O–H groups in total. The summed E-state index contributed by atoms with van der Waals surface area (Å²) in [6.45, 7) is 1.85. The number of nitrogens with one attached hydrogen (secondary N) is 1. The number of amides is 1. The number of halogens is 1. The lowest BCUT2D eigenvalue weighted by molar-refractivity contribution is -0.393. The minimum Gasteiger partial charge on any atom is -0.315 e. The maximum absolute atomic E-state index is 12.1. The van der Waals surface area contributed by atoms with E-state index in [0.717, 1.165) is 17.7 Å². The first-order valence-corrected chi connectivity index (χ1v) is 6.67. The summed E-state index contributed by atoms with van der Waals surface area (Å²) in [4.78, 5) is 32.3. The molecule has 9 heteroatoms. The molecular weight excluding hydrogens is 326 g/mol. The molecule has 0 saturated heterocycles. The van der Waals surface area contributed by atoms with Gasteiger partial charge in [0.1, 0.15) is 5.69 Å². The fourth-order valence-corrected chi connectivity index (χ4v) is 2.10. The highest BCUT2D eigenvalue weighted by molar-refractivity contribution is 6.34. The zero-order chi connectivity index (χ0) is 17.1. The molecule has 0 saturated carbocycles. The summed E-state index contributed by atoms with van der Waals surface area (Å²) >= 11 is 5.86. The maximum Gasteiger partial charge on any atom is 0.301 e. The largest absolute Gasteiger partial charge is 0.315 e. The fraction of sp³-hybridized carbons (Fsp3) is 0.0714. The number of nitro groups is 2. The number of hydrogen-bond acceptors (Lipinski definition) is 5. The third-order valence-corrected chi connectivity index (χ3v) is 3.31. The van der Waals surface area contributed by atoms with E-state index in [1.54, 1.807) is 24.3 Å². The molecule has 0 fully saturated rings. The average Bonchev–Trinajstić information content (AvgIpc) is 2.49. The molecule has 0 aromatic heterocycles.